The highest BCUT2D eigenvalue weighted by Gasteiger charge is 2.16. The van der Waals surface area contributed by atoms with E-state index in [0.717, 1.165) is 17.2 Å². The van der Waals surface area contributed by atoms with Crippen LogP contribution in [0.1, 0.15) is 37.9 Å². The fourth-order valence-corrected chi connectivity index (χ4v) is 2.11. The summed E-state index contributed by atoms with van der Waals surface area (Å²) in [6.45, 7) is 9.10. The van der Waals surface area contributed by atoms with Crippen molar-refractivity contribution in [3.8, 4) is 0 Å². The van der Waals surface area contributed by atoms with Crippen LogP contribution in [0.2, 0.25) is 0 Å². The average Bonchev–Trinajstić information content (AvgIpc) is 2.58. The van der Waals surface area contributed by atoms with Crippen molar-refractivity contribution in [2.75, 3.05) is 13.6 Å². The summed E-state index contributed by atoms with van der Waals surface area (Å²) in [4.78, 5) is 18.0. The van der Waals surface area contributed by atoms with E-state index in [2.05, 4.69) is 15.3 Å². The molecule has 0 radical (unpaired) electrons. The van der Waals surface area contributed by atoms with Crippen molar-refractivity contribution >= 4 is 17.3 Å². The summed E-state index contributed by atoms with van der Waals surface area (Å²) in [7, 11) is 1.99. The molecule has 1 heterocycles. The number of hydrogen-bond acceptors (Lipinski definition) is 5. The van der Waals surface area contributed by atoms with Gasteiger partial charge in [0, 0.05) is 18.5 Å². The molecule has 1 rings (SSSR count). The average molecular weight is 270 g/mol. The first kappa shape index (κ1) is 15.1. The van der Waals surface area contributed by atoms with Gasteiger partial charge in [0.05, 0.1) is 17.1 Å². The lowest BCUT2D eigenvalue weighted by Crippen LogP contribution is -2.27. The molecule has 0 aliphatic rings. The fraction of sp³-hybridized carbons (Fsp3) is 0.692. The zero-order valence-corrected chi connectivity index (χ0v) is 12.6. The van der Waals surface area contributed by atoms with Crippen LogP contribution < -0.4 is 0 Å². The third-order valence-electron chi connectivity index (χ3n) is 2.22. The number of nitrogens with zero attached hydrogens (tertiary/aromatic N) is 2. The summed E-state index contributed by atoms with van der Waals surface area (Å²) in [5.74, 6) is -0.149. The summed E-state index contributed by atoms with van der Waals surface area (Å²) in [5.41, 5.74) is 0.658. The number of carbonyl (C=O) groups excluding carboxylic acids is 1. The van der Waals surface area contributed by atoms with Crippen LogP contribution in [-0.4, -0.2) is 35.0 Å². The number of thiazole rings is 1. The van der Waals surface area contributed by atoms with E-state index in [1.807, 2.05) is 34.7 Å². The lowest BCUT2D eigenvalue weighted by molar-refractivity contribution is -0.155. The molecule has 0 saturated carbocycles. The highest BCUT2D eigenvalue weighted by molar-refractivity contribution is 7.09. The number of aryl methyl sites for hydroxylation is 1. The van der Waals surface area contributed by atoms with Crippen molar-refractivity contribution in [1.29, 1.82) is 0 Å². The molecule has 1 aromatic rings. The first-order valence-corrected chi connectivity index (χ1v) is 6.95. The number of carbonyl (C=O) groups is 1. The Hall–Kier alpha value is -0.940. The summed E-state index contributed by atoms with van der Waals surface area (Å²) in [5, 5.41) is 3.13. The SMILES string of the molecule is Cc1nc(CN(C)CCC(=O)OC(C)(C)C)cs1. The summed E-state index contributed by atoms with van der Waals surface area (Å²) in [6.07, 6.45) is 0.414. The molecule has 0 saturated heterocycles. The Labute approximate surface area is 113 Å². The van der Waals surface area contributed by atoms with E-state index in [1.165, 1.54) is 0 Å². The van der Waals surface area contributed by atoms with Crippen molar-refractivity contribution in [1.82, 2.24) is 9.88 Å². The fourth-order valence-electron chi connectivity index (χ4n) is 1.51. The molecular formula is C13H22N2O2S. The molecule has 0 aliphatic carbocycles. The quantitative estimate of drug-likeness (QED) is 0.771. The van der Waals surface area contributed by atoms with E-state index in [9.17, 15) is 4.79 Å². The van der Waals surface area contributed by atoms with Gasteiger partial charge in [0.25, 0.3) is 0 Å². The van der Waals surface area contributed by atoms with Gasteiger partial charge < -0.3 is 4.74 Å². The zero-order chi connectivity index (χ0) is 13.8. The van der Waals surface area contributed by atoms with E-state index in [1.54, 1.807) is 11.3 Å². The van der Waals surface area contributed by atoms with E-state index in [0.29, 0.717) is 13.0 Å². The Morgan fingerprint density at radius 3 is 2.67 bits per heavy atom. The molecular weight excluding hydrogens is 248 g/mol. The molecule has 0 atom stereocenters. The summed E-state index contributed by atoms with van der Waals surface area (Å²) >= 11 is 1.65. The summed E-state index contributed by atoms with van der Waals surface area (Å²) < 4.78 is 5.26. The van der Waals surface area contributed by atoms with Crippen LogP contribution in [0.15, 0.2) is 5.38 Å². The molecule has 0 aromatic carbocycles. The van der Waals surface area contributed by atoms with E-state index in [-0.39, 0.29) is 5.97 Å². The first-order valence-electron chi connectivity index (χ1n) is 6.07. The zero-order valence-electron chi connectivity index (χ0n) is 11.8. The maximum Gasteiger partial charge on any atom is 0.307 e. The van der Waals surface area contributed by atoms with Crippen LogP contribution in [0.4, 0.5) is 0 Å². The van der Waals surface area contributed by atoms with Crippen molar-refractivity contribution in [3.63, 3.8) is 0 Å². The molecule has 0 spiro atoms. The number of ether oxygens (including phenoxy) is 1. The predicted molar refractivity (Wildman–Crippen MR) is 73.6 cm³/mol. The summed E-state index contributed by atoms with van der Waals surface area (Å²) in [6, 6.07) is 0. The van der Waals surface area contributed by atoms with Gasteiger partial charge in [-0.15, -0.1) is 11.3 Å². The van der Waals surface area contributed by atoms with Gasteiger partial charge in [-0.05, 0) is 34.7 Å². The van der Waals surface area contributed by atoms with E-state index >= 15 is 0 Å². The minimum absolute atomic E-state index is 0.149. The van der Waals surface area contributed by atoms with Crippen LogP contribution in [0.25, 0.3) is 0 Å². The van der Waals surface area contributed by atoms with Gasteiger partial charge in [0.15, 0.2) is 0 Å². The standard InChI is InChI=1S/C13H22N2O2S/c1-10-14-11(9-18-10)8-15(5)7-6-12(16)17-13(2,3)4/h9H,6-8H2,1-5H3. The molecule has 1 aromatic heterocycles. The number of aromatic nitrogens is 1. The van der Waals surface area contributed by atoms with Crippen molar-refractivity contribution in [2.45, 2.75) is 46.3 Å². The Bertz CT molecular complexity index is 396. The number of hydrogen-bond donors (Lipinski definition) is 0. The van der Waals surface area contributed by atoms with Gasteiger partial charge in [0.1, 0.15) is 5.60 Å². The minimum Gasteiger partial charge on any atom is -0.460 e. The Morgan fingerprint density at radius 1 is 1.50 bits per heavy atom. The second-order valence-electron chi connectivity index (χ2n) is 5.43. The molecule has 4 nitrogen and oxygen atoms in total. The maximum absolute atomic E-state index is 11.6. The van der Waals surface area contributed by atoms with Crippen LogP contribution in [-0.2, 0) is 16.1 Å². The minimum atomic E-state index is -0.401. The number of rotatable bonds is 5. The van der Waals surface area contributed by atoms with Gasteiger partial charge in [0.2, 0.25) is 0 Å². The molecule has 0 amide bonds. The molecule has 0 bridgehead atoms. The van der Waals surface area contributed by atoms with Crippen LogP contribution in [0.5, 0.6) is 0 Å². The molecule has 0 fully saturated rings. The van der Waals surface area contributed by atoms with Crippen LogP contribution in [0.3, 0.4) is 0 Å². The topological polar surface area (TPSA) is 42.4 Å². The van der Waals surface area contributed by atoms with Gasteiger partial charge in [-0.2, -0.15) is 0 Å². The van der Waals surface area contributed by atoms with Gasteiger partial charge in [-0.3, -0.25) is 9.69 Å². The van der Waals surface area contributed by atoms with Gasteiger partial charge >= 0.3 is 5.97 Å². The monoisotopic (exact) mass is 270 g/mol. The van der Waals surface area contributed by atoms with Gasteiger partial charge in [-0.1, -0.05) is 0 Å². The van der Waals surface area contributed by atoms with E-state index in [4.69, 9.17) is 4.74 Å². The Balaban J connectivity index is 2.29. The molecule has 0 unspecified atom stereocenters. The molecule has 18 heavy (non-hydrogen) atoms. The third kappa shape index (κ3) is 6.12. The second kappa shape index (κ2) is 6.29. The lowest BCUT2D eigenvalue weighted by atomic mass is 10.2. The van der Waals surface area contributed by atoms with Crippen molar-refractivity contribution in [2.24, 2.45) is 0 Å². The molecule has 102 valence electrons. The maximum atomic E-state index is 11.6. The highest BCUT2D eigenvalue weighted by atomic mass is 32.1. The Kier molecular flexibility index (Phi) is 5.28. The smallest absolute Gasteiger partial charge is 0.307 e. The first-order chi connectivity index (χ1) is 8.26. The molecule has 0 aliphatic heterocycles. The third-order valence-corrected chi connectivity index (χ3v) is 3.04. The molecule has 0 N–H and O–H groups in total. The Morgan fingerprint density at radius 2 is 2.17 bits per heavy atom. The van der Waals surface area contributed by atoms with E-state index < -0.39 is 5.60 Å². The van der Waals surface area contributed by atoms with Crippen molar-refractivity contribution < 1.29 is 9.53 Å². The number of esters is 1. The van der Waals surface area contributed by atoms with Gasteiger partial charge in [-0.25, -0.2) is 4.98 Å². The van der Waals surface area contributed by atoms with Crippen molar-refractivity contribution in [3.05, 3.63) is 16.1 Å². The second-order valence-corrected chi connectivity index (χ2v) is 6.49. The lowest BCUT2D eigenvalue weighted by Gasteiger charge is -2.21. The normalized spacial score (nSPS) is 11.9. The highest BCUT2D eigenvalue weighted by Crippen LogP contribution is 2.11. The van der Waals surface area contributed by atoms with Crippen LogP contribution in [0, 0.1) is 6.92 Å². The largest absolute Gasteiger partial charge is 0.460 e. The molecule has 5 heteroatoms. The van der Waals surface area contributed by atoms with Crippen LogP contribution >= 0.6 is 11.3 Å². The predicted octanol–water partition coefficient (Wildman–Crippen LogP) is 2.62.